The van der Waals surface area contributed by atoms with Gasteiger partial charge in [-0.05, 0) is 83.3 Å². The quantitative estimate of drug-likeness (QED) is 0.307. The highest BCUT2D eigenvalue weighted by Gasteiger charge is 2.09. The van der Waals surface area contributed by atoms with Crippen LogP contribution in [-0.2, 0) is 6.61 Å². The molecule has 160 valence electrons. The number of aromatic amines is 1. The Balaban J connectivity index is 1.32. The van der Waals surface area contributed by atoms with Gasteiger partial charge in [-0.15, -0.1) is 0 Å². The van der Waals surface area contributed by atoms with Crippen LogP contribution in [-0.4, -0.2) is 9.97 Å². The average molecular weight is 430 g/mol. The molecule has 4 nitrogen and oxygen atoms in total. The Morgan fingerprint density at radius 1 is 0.939 bits per heavy atom. The monoisotopic (exact) mass is 429 g/mol. The molecule has 0 amide bonds. The molecule has 5 aromatic rings. The average Bonchev–Trinajstić information content (AvgIpc) is 3.24. The number of H-pyrrole nitrogens is 1. The molecule has 1 heterocycles. The van der Waals surface area contributed by atoms with Crippen LogP contribution in [0.1, 0.15) is 28.1 Å². The van der Waals surface area contributed by atoms with Gasteiger partial charge in [0, 0.05) is 0 Å². The Hall–Kier alpha value is -4.36. The van der Waals surface area contributed by atoms with E-state index < -0.39 is 0 Å². The van der Waals surface area contributed by atoms with Gasteiger partial charge < -0.3 is 9.72 Å². The number of nitrogens with one attached hydrogen (secondary N) is 1. The van der Waals surface area contributed by atoms with Crippen LogP contribution in [0.3, 0.4) is 0 Å². The molecule has 0 unspecified atom stereocenters. The van der Waals surface area contributed by atoms with Gasteiger partial charge in [0.25, 0.3) is 0 Å². The molecule has 0 aliphatic rings. The SMILES string of the molecule is Cc1cc2nc(/C(C#N)=C\c3ccc(OCc4ccc5ccccc5c4)cc3)[nH]c2cc1C. The van der Waals surface area contributed by atoms with E-state index >= 15 is 0 Å². The van der Waals surface area contributed by atoms with Crippen molar-refractivity contribution in [1.29, 1.82) is 5.26 Å². The van der Waals surface area contributed by atoms with E-state index in [0.29, 0.717) is 18.0 Å². The van der Waals surface area contributed by atoms with Crippen molar-refractivity contribution in [1.82, 2.24) is 9.97 Å². The van der Waals surface area contributed by atoms with Gasteiger partial charge in [0.2, 0.25) is 0 Å². The lowest BCUT2D eigenvalue weighted by Crippen LogP contribution is -1.95. The third-order valence-corrected chi connectivity index (χ3v) is 5.88. The maximum atomic E-state index is 9.71. The fourth-order valence-electron chi connectivity index (χ4n) is 3.87. The summed E-state index contributed by atoms with van der Waals surface area (Å²) in [6.45, 7) is 4.63. The maximum Gasteiger partial charge on any atom is 0.149 e. The molecule has 0 saturated heterocycles. The van der Waals surface area contributed by atoms with Gasteiger partial charge >= 0.3 is 0 Å². The van der Waals surface area contributed by atoms with Gasteiger partial charge in [0.1, 0.15) is 24.3 Å². The minimum Gasteiger partial charge on any atom is -0.489 e. The number of aryl methyl sites for hydroxylation is 2. The first-order valence-corrected chi connectivity index (χ1v) is 10.9. The summed E-state index contributed by atoms with van der Waals surface area (Å²) in [6, 6.07) is 28.8. The lowest BCUT2D eigenvalue weighted by molar-refractivity contribution is 0.306. The molecule has 0 atom stereocenters. The van der Waals surface area contributed by atoms with E-state index in [1.165, 1.54) is 21.9 Å². The van der Waals surface area contributed by atoms with E-state index in [2.05, 4.69) is 66.3 Å². The Kier molecular flexibility index (Phi) is 5.38. The van der Waals surface area contributed by atoms with Crippen molar-refractivity contribution in [3.63, 3.8) is 0 Å². The van der Waals surface area contributed by atoms with Crippen molar-refractivity contribution >= 4 is 33.5 Å². The molecule has 0 spiro atoms. The largest absolute Gasteiger partial charge is 0.489 e. The molecule has 1 N–H and O–H groups in total. The fourth-order valence-corrected chi connectivity index (χ4v) is 3.87. The molecule has 4 aromatic carbocycles. The Morgan fingerprint density at radius 2 is 1.70 bits per heavy atom. The van der Waals surface area contributed by atoms with Gasteiger partial charge in [-0.2, -0.15) is 5.26 Å². The zero-order chi connectivity index (χ0) is 22.8. The van der Waals surface area contributed by atoms with Crippen LogP contribution < -0.4 is 4.74 Å². The molecule has 33 heavy (non-hydrogen) atoms. The predicted molar refractivity (Wildman–Crippen MR) is 134 cm³/mol. The van der Waals surface area contributed by atoms with Crippen LogP contribution in [0.2, 0.25) is 0 Å². The summed E-state index contributed by atoms with van der Waals surface area (Å²) in [6.07, 6.45) is 1.84. The van der Waals surface area contributed by atoms with Crippen LogP contribution in [0.4, 0.5) is 0 Å². The number of imidazole rings is 1. The van der Waals surface area contributed by atoms with E-state index in [4.69, 9.17) is 4.74 Å². The predicted octanol–water partition coefficient (Wildman–Crippen LogP) is 6.98. The molecular formula is C29H23N3O. The zero-order valence-electron chi connectivity index (χ0n) is 18.6. The maximum absolute atomic E-state index is 9.71. The molecule has 0 aliphatic carbocycles. The van der Waals surface area contributed by atoms with Crippen molar-refractivity contribution in [2.45, 2.75) is 20.5 Å². The topological polar surface area (TPSA) is 61.7 Å². The smallest absolute Gasteiger partial charge is 0.149 e. The highest BCUT2D eigenvalue weighted by molar-refractivity contribution is 5.90. The summed E-state index contributed by atoms with van der Waals surface area (Å²) < 4.78 is 5.97. The summed E-state index contributed by atoms with van der Waals surface area (Å²) >= 11 is 0. The number of allylic oxidation sites excluding steroid dienone is 1. The summed E-state index contributed by atoms with van der Waals surface area (Å²) in [5.41, 5.74) is 6.71. The molecule has 0 bridgehead atoms. The summed E-state index contributed by atoms with van der Waals surface area (Å²) in [5, 5.41) is 12.1. The molecule has 5 rings (SSSR count). The van der Waals surface area contributed by atoms with Crippen molar-refractivity contribution in [3.8, 4) is 11.8 Å². The molecule has 4 heteroatoms. The number of hydrogen-bond donors (Lipinski definition) is 1. The minimum absolute atomic E-state index is 0.492. The van der Waals surface area contributed by atoms with Crippen molar-refractivity contribution in [2.75, 3.05) is 0 Å². The highest BCUT2D eigenvalue weighted by Crippen LogP contribution is 2.23. The third kappa shape index (κ3) is 4.35. The van der Waals surface area contributed by atoms with E-state index in [-0.39, 0.29) is 0 Å². The molecule has 1 aromatic heterocycles. The first-order chi connectivity index (χ1) is 16.1. The van der Waals surface area contributed by atoms with E-state index in [9.17, 15) is 5.26 Å². The summed E-state index contributed by atoms with van der Waals surface area (Å²) in [7, 11) is 0. The normalized spacial score (nSPS) is 11.6. The summed E-state index contributed by atoms with van der Waals surface area (Å²) in [5.74, 6) is 1.36. The van der Waals surface area contributed by atoms with Crippen LogP contribution >= 0.6 is 0 Å². The van der Waals surface area contributed by atoms with Crippen LogP contribution in [0, 0.1) is 25.2 Å². The molecule has 0 fully saturated rings. The Labute approximate surface area is 192 Å². The number of fused-ring (bicyclic) bond motifs is 2. The number of aromatic nitrogens is 2. The standard InChI is InChI=1S/C29H23N3O/c1-19-13-27-28(14-20(19)2)32-29(31-27)25(17-30)15-21-8-11-26(12-9-21)33-18-22-7-10-23-5-3-4-6-24(23)16-22/h3-16H,18H2,1-2H3,(H,31,32)/b25-15-. The van der Waals surface area contributed by atoms with E-state index in [1.54, 1.807) is 0 Å². The highest BCUT2D eigenvalue weighted by atomic mass is 16.5. The second kappa shape index (κ2) is 8.64. The fraction of sp³-hybridized carbons (Fsp3) is 0.103. The number of rotatable bonds is 5. The number of hydrogen-bond acceptors (Lipinski definition) is 3. The number of benzene rings is 4. The van der Waals surface area contributed by atoms with Gasteiger partial charge in [-0.25, -0.2) is 4.98 Å². The second-order valence-corrected chi connectivity index (χ2v) is 8.25. The first-order valence-electron chi connectivity index (χ1n) is 10.9. The zero-order valence-corrected chi connectivity index (χ0v) is 18.6. The molecular weight excluding hydrogens is 406 g/mol. The lowest BCUT2D eigenvalue weighted by Gasteiger charge is -2.08. The molecule has 0 aliphatic heterocycles. The van der Waals surface area contributed by atoms with Gasteiger partial charge in [-0.1, -0.05) is 48.5 Å². The molecule has 0 saturated carbocycles. The minimum atomic E-state index is 0.492. The van der Waals surface area contributed by atoms with Gasteiger partial charge in [0.15, 0.2) is 0 Å². The van der Waals surface area contributed by atoms with Crippen LogP contribution in [0.25, 0.3) is 33.5 Å². The Morgan fingerprint density at radius 3 is 2.48 bits per heavy atom. The van der Waals surface area contributed by atoms with E-state index in [0.717, 1.165) is 27.9 Å². The van der Waals surface area contributed by atoms with Crippen molar-refractivity contribution in [3.05, 3.63) is 107 Å². The lowest BCUT2D eigenvalue weighted by atomic mass is 10.1. The number of nitrogens with zero attached hydrogens (tertiary/aromatic N) is 2. The van der Waals surface area contributed by atoms with Crippen LogP contribution in [0.5, 0.6) is 5.75 Å². The first kappa shape index (κ1) is 20.5. The third-order valence-electron chi connectivity index (χ3n) is 5.88. The van der Waals surface area contributed by atoms with E-state index in [1.807, 2.05) is 48.5 Å². The van der Waals surface area contributed by atoms with Gasteiger partial charge in [0.05, 0.1) is 16.6 Å². The Bertz CT molecular complexity index is 1500. The van der Waals surface area contributed by atoms with Gasteiger partial charge in [-0.3, -0.25) is 0 Å². The number of nitriles is 1. The van der Waals surface area contributed by atoms with Crippen molar-refractivity contribution in [2.24, 2.45) is 0 Å². The van der Waals surface area contributed by atoms with Crippen LogP contribution in [0.15, 0.2) is 78.9 Å². The second-order valence-electron chi connectivity index (χ2n) is 8.25. The molecule has 0 radical (unpaired) electrons. The van der Waals surface area contributed by atoms with Crippen molar-refractivity contribution < 1.29 is 4.74 Å². The summed E-state index contributed by atoms with van der Waals surface area (Å²) in [4.78, 5) is 7.88. The number of ether oxygens (including phenoxy) is 1.